The first-order valence-electron chi connectivity index (χ1n) is 15.2. The summed E-state index contributed by atoms with van der Waals surface area (Å²) in [6.07, 6.45) is 12.0. The summed E-state index contributed by atoms with van der Waals surface area (Å²) >= 11 is 0. The largest absolute Gasteiger partial charge is 2.00 e. The molecule has 1 heterocycles. The van der Waals surface area contributed by atoms with Crippen LogP contribution in [0.3, 0.4) is 0 Å². The molecular weight excluding hydrogens is 653 g/mol. The summed E-state index contributed by atoms with van der Waals surface area (Å²) in [5.41, 5.74) is 1.26. The van der Waals surface area contributed by atoms with Crippen molar-refractivity contribution in [3.05, 3.63) is 72.3 Å². The van der Waals surface area contributed by atoms with Crippen LogP contribution < -0.4 is 21.7 Å². The van der Waals surface area contributed by atoms with E-state index >= 15 is 0 Å². The minimum Gasteiger partial charge on any atom is -1.00 e. The molecule has 0 spiro atoms. The van der Waals surface area contributed by atoms with E-state index in [2.05, 4.69) is 39.5 Å². The van der Waals surface area contributed by atoms with E-state index in [1.54, 1.807) is 0 Å². The molecule has 0 amide bonds. The van der Waals surface area contributed by atoms with Crippen LogP contribution in [0.1, 0.15) is 105 Å². The Morgan fingerprint density at radius 2 is 1.37 bits per heavy atom. The molecule has 1 N–H and O–H groups in total. The molecule has 0 bridgehead atoms. The van der Waals surface area contributed by atoms with Crippen LogP contribution in [0.15, 0.2) is 65.1 Å². The summed E-state index contributed by atoms with van der Waals surface area (Å²) in [5.74, 6) is 1.25. The molecule has 0 radical (unpaired) electrons. The van der Waals surface area contributed by atoms with Gasteiger partial charge in [0.1, 0.15) is 11.0 Å². The van der Waals surface area contributed by atoms with Crippen LogP contribution in [0.2, 0.25) is 0 Å². The van der Waals surface area contributed by atoms with Crippen LogP contribution in [0.4, 0.5) is 0 Å². The van der Waals surface area contributed by atoms with Crippen LogP contribution in [0.5, 0.6) is 0 Å². The van der Waals surface area contributed by atoms with E-state index in [0.717, 1.165) is 13.2 Å². The van der Waals surface area contributed by atoms with Gasteiger partial charge in [0.05, 0.1) is 20.5 Å². The Hall–Kier alpha value is -0.424. The quantitative estimate of drug-likeness (QED) is 0.267. The number of hydrogen-bond donors (Lipinski definition) is 1. The zero-order valence-corrected chi connectivity index (χ0v) is 31.9. The smallest absolute Gasteiger partial charge is 1.00 e. The molecular formula is C34H53BrMgN2O3S2. The average Bonchev–Trinajstić information content (AvgIpc) is 3.48. The van der Waals surface area contributed by atoms with Crippen molar-refractivity contribution >= 4 is 51.2 Å². The van der Waals surface area contributed by atoms with E-state index < -0.39 is 22.0 Å². The number of hydrogen-bond acceptors (Lipinski definition) is 3. The summed E-state index contributed by atoms with van der Waals surface area (Å²) in [7, 11) is -2.06. The molecule has 9 heteroatoms. The first-order valence-corrected chi connectivity index (χ1v) is 17.4. The van der Waals surface area contributed by atoms with E-state index in [1.807, 2.05) is 84.2 Å². The van der Waals surface area contributed by atoms with Gasteiger partial charge in [0.15, 0.2) is 0 Å². The summed E-state index contributed by atoms with van der Waals surface area (Å²) < 4.78 is 35.7. The fraction of sp³-hybridized carbons (Fsp3) is 0.618. The van der Waals surface area contributed by atoms with E-state index in [0.29, 0.717) is 11.8 Å². The van der Waals surface area contributed by atoms with E-state index in [4.69, 9.17) is 4.74 Å². The standard InChI is InChI=1S/C15H23NOS.C9H17NOS.C6H5.C4H8O.BrH.Mg/c1-15(2,3)18(17)16-14(13-10-7-11-13)12-8-5-4-6-9-12;1-9(2,3)12(11)10-7-8-5-4-6-8;1-2-4-6-5-3-1;1-2-4-5-3-1;;/h4-6,8-9,13-14,16H,7,10-11H2,1-3H3;7-8H,4-6H2,1-3H3;1-5H;1-4H2;1H;/q;;-1;;;+2/p-1/t14-,18+;12-;;;;/m10..../s1. The fourth-order valence-electron chi connectivity index (χ4n) is 3.90. The molecule has 0 unspecified atom stereocenters. The Labute approximate surface area is 294 Å². The maximum atomic E-state index is 12.3. The van der Waals surface area contributed by atoms with Crippen molar-refractivity contribution in [2.24, 2.45) is 16.2 Å². The minimum absolute atomic E-state index is 0. The molecule has 1 aliphatic heterocycles. The Bertz CT molecular complexity index is 1000. The molecule has 3 aliphatic rings. The first kappa shape index (κ1) is 42.6. The van der Waals surface area contributed by atoms with Gasteiger partial charge in [-0.1, -0.05) is 43.2 Å². The van der Waals surface area contributed by atoms with Gasteiger partial charge in [-0.25, -0.2) is 13.1 Å². The molecule has 43 heavy (non-hydrogen) atoms. The third kappa shape index (κ3) is 18.3. The molecule has 2 saturated carbocycles. The third-order valence-corrected chi connectivity index (χ3v) is 9.99. The zero-order chi connectivity index (χ0) is 30.1. The number of rotatable bonds is 6. The van der Waals surface area contributed by atoms with Crippen LogP contribution in [-0.4, -0.2) is 60.4 Å². The van der Waals surface area contributed by atoms with Crippen molar-refractivity contribution in [2.45, 2.75) is 108 Å². The van der Waals surface area contributed by atoms with Crippen LogP contribution >= 0.6 is 0 Å². The first-order chi connectivity index (χ1) is 19.5. The molecule has 3 atom stereocenters. The maximum Gasteiger partial charge on any atom is 2.00 e. The van der Waals surface area contributed by atoms with E-state index in [1.165, 1.54) is 56.9 Å². The van der Waals surface area contributed by atoms with Crippen molar-refractivity contribution in [2.75, 3.05) is 13.2 Å². The summed E-state index contributed by atoms with van der Waals surface area (Å²) in [6, 6.07) is 23.2. The molecule has 2 aromatic carbocycles. The molecule has 3 fully saturated rings. The van der Waals surface area contributed by atoms with Gasteiger partial charge >= 0.3 is 23.1 Å². The molecule has 0 aromatic heterocycles. The van der Waals surface area contributed by atoms with Gasteiger partial charge in [-0.3, -0.25) is 0 Å². The van der Waals surface area contributed by atoms with Crippen LogP contribution in [0, 0.1) is 17.9 Å². The normalized spacial score (nSPS) is 18.7. The number of benzene rings is 2. The Kier molecular flexibility index (Phi) is 22.8. The molecule has 1 saturated heterocycles. The van der Waals surface area contributed by atoms with Gasteiger partial charge in [0.2, 0.25) is 0 Å². The SMILES string of the molecule is C1CCOC1.CC(C)(C)[S@](=O)N=CC1CCC1.CC(C)(C)[S@](=O)N[C@H](c1ccccc1)C1CCC1.[Br-].[Mg+2].[c-]1ccccc1. The van der Waals surface area contributed by atoms with Crippen molar-refractivity contribution < 1.29 is 30.1 Å². The van der Waals surface area contributed by atoms with Gasteiger partial charge in [-0.2, -0.15) is 40.8 Å². The van der Waals surface area contributed by atoms with Gasteiger partial charge in [0.25, 0.3) is 0 Å². The fourth-order valence-corrected chi connectivity index (χ4v) is 5.41. The van der Waals surface area contributed by atoms with Crippen molar-refractivity contribution in [1.82, 2.24) is 4.72 Å². The van der Waals surface area contributed by atoms with Gasteiger partial charge < -0.3 is 21.7 Å². The zero-order valence-electron chi connectivity index (χ0n) is 27.2. The Morgan fingerprint density at radius 3 is 1.70 bits per heavy atom. The molecule has 2 aromatic rings. The minimum atomic E-state index is -1.06. The summed E-state index contributed by atoms with van der Waals surface area (Å²) in [4.78, 5) is 0. The Morgan fingerprint density at radius 1 is 0.837 bits per heavy atom. The maximum absolute atomic E-state index is 12.3. The van der Waals surface area contributed by atoms with Crippen molar-refractivity contribution in [3.63, 3.8) is 0 Å². The third-order valence-electron chi connectivity index (χ3n) is 7.05. The monoisotopic (exact) mass is 704 g/mol. The van der Waals surface area contributed by atoms with Crippen molar-refractivity contribution in [3.8, 4) is 0 Å². The van der Waals surface area contributed by atoms with E-state index in [-0.39, 0.29) is 55.6 Å². The Balaban J connectivity index is 0.000000605. The van der Waals surface area contributed by atoms with Crippen LogP contribution in [-0.2, 0) is 26.7 Å². The second-order valence-electron chi connectivity index (χ2n) is 12.8. The second kappa shape index (κ2) is 23.0. The van der Waals surface area contributed by atoms with Crippen LogP contribution in [0.25, 0.3) is 0 Å². The van der Waals surface area contributed by atoms with Crippen molar-refractivity contribution in [1.29, 1.82) is 0 Å². The summed E-state index contributed by atoms with van der Waals surface area (Å²) in [6.45, 7) is 13.9. The molecule has 5 nitrogen and oxygen atoms in total. The van der Waals surface area contributed by atoms with Gasteiger partial charge in [-0.05, 0) is 97.5 Å². The topological polar surface area (TPSA) is 67.8 Å². The molecule has 238 valence electrons. The number of halogens is 1. The van der Waals surface area contributed by atoms with E-state index in [9.17, 15) is 8.42 Å². The average molecular weight is 706 g/mol. The second-order valence-corrected chi connectivity index (χ2v) is 16.7. The predicted octanol–water partition coefficient (Wildman–Crippen LogP) is 4.81. The summed E-state index contributed by atoms with van der Waals surface area (Å²) in [5, 5.41) is 0. The number of nitrogens with zero attached hydrogens (tertiary/aromatic N) is 1. The number of ether oxygens (including phenoxy) is 1. The number of nitrogens with one attached hydrogen (secondary N) is 1. The van der Waals surface area contributed by atoms with Gasteiger partial charge in [-0.15, -0.1) is 0 Å². The predicted molar refractivity (Wildman–Crippen MR) is 182 cm³/mol. The van der Waals surface area contributed by atoms with Gasteiger partial charge in [0, 0.05) is 25.5 Å². The molecule has 5 rings (SSSR count). The molecule has 2 aliphatic carbocycles.